The van der Waals surface area contributed by atoms with Gasteiger partial charge in [0.1, 0.15) is 5.75 Å². The van der Waals surface area contributed by atoms with Gasteiger partial charge in [0.15, 0.2) is 0 Å². The number of hydrogen-bond donors (Lipinski definition) is 1. The molecule has 2 aromatic rings. The second-order valence-electron chi connectivity index (χ2n) is 3.87. The van der Waals surface area contributed by atoms with E-state index in [1.807, 2.05) is 12.1 Å². The van der Waals surface area contributed by atoms with E-state index in [1.165, 1.54) is 16.7 Å². The molecule has 2 rings (SSSR count). The van der Waals surface area contributed by atoms with Crippen molar-refractivity contribution < 1.29 is 5.11 Å². The number of aryl methyl sites for hydroxylation is 2. The molecule has 0 fully saturated rings. The summed E-state index contributed by atoms with van der Waals surface area (Å²) in [6, 6.07) is 13.7. The topological polar surface area (TPSA) is 20.2 Å². The first-order chi connectivity index (χ1) is 7.16. The Morgan fingerprint density at radius 3 is 2.13 bits per heavy atom. The number of benzene rings is 2. The van der Waals surface area contributed by atoms with Crippen LogP contribution in [-0.4, -0.2) is 5.11 Å². The number of rotatable bonds is 1. The largest absolute Gasteiger partial charge is 0.508 e. The zero-order chi connectivity index (χ0) is 10.8. The maximum atomic E-state index is 9.22. The first-order valence-corrected chi connectivity index (χ1v) is 5.03. The van der Waals surface area contributed by atoms with E-state index in [9.17, 15) is 5.11 Å². The normalized spacial score (nSPS) is 10.3. The molecule has 1 nitrogen and oxygen atoms in total. The van der Waals surface area contributed by atoms with E-state index in [-0.39, 0.29) is 0 Å². The van der Waals surface area contributed by atoms with Crippen LogP contribution in [0.2, 0.25) is 0 Å². The Labute approximate surface area is 90.0 Å². The molecule has 2 aromatic carbocycles. The molecule has 0 saturated heterocycles. The zero-order valence-electron chi connectivity index (χ0n) is 8.99. The van der Waals surface area contributed by atoms with Crippen LogP contribution in [0.15, 0.2) is 42.5 Å². The highest BCUT2D eigenvalue weighted by Crippen LogP contribution is 2.25. The second kappa shape index (κ2) is 3.77. The molecule has 1 heteroatoms. The highest BCUT2D eigenvalue weighted by molar-refractivity contribution is 5.68. The minimum Gasteiger partial charge on any atom is -0.508 e. The van der Waals surface area contributed by atoms with Crippen LogP contribution in [0.5, 0.6) is 5.75 Å². The summed E-state index contributed by atoms with van der Waals surface area (Å²) in [6.45, 7) is 4.20. The predicted octanol–water partition coefficient (Wildman–Crippen LogP) is 3.68. The van der Waals surface area contributed by atoms with Gasteiger partial charge in [0.2, 0.25) is 0 Å². The molecule has 0 unspecified atom stereocenters. The minimum atomic E-state index is 0.309. The van der Waals surface area contributed by atoms with Gasteiger partial charge >= 0.3 is 0 Å². The van der Waals surface area contributed by atoms with Crippen LogP contribution in [0, 0.1) is 13.8 Å². The van der Waals surface area contributed by atoms with Crippen LogP contribution in [0.1, 0.15) is 11.1 Å². The van der Waals surface area contributed by atoms with Crippen molar-refractivity contribution in [2.75, 3.05) is 0 Å². The summed E-state index contributed by atoms with van der Waals surface area (Å²) in [6.07, 6.45) is 0. The van der Waals surface area contributed by atoms with E-state index in [0.29, 0.717) is 5.75 Å². The molecule has 15 heavy (non-hydrogen) atoms. The SMILES string of the molecule is Cc1ccc(-c2ccc(O)cc2)c(C)c1. The van der Waals surface area contributed by atoms with Crippen molar-refractivity contribution in [2.24, 2.45) is 0 Å². The molecule has 0 aliphatic heterocycles. The minimum absolute atomic E-state index is 0.309. The third-order valence-corrected chi connectivity index (χ3v) is 2.56. The number of aromatic hydroxyl groups is 1. The summed E-state index contributed by atoms with van der Waals surface area (Å²) < 4.78 is 0. The summed E-state index contributed by atoms with van der Waals surface area (Å²) in [5, 5.41) is 9.22. The molecule has 0 aliphatic rings. The molecule has 0 saturated carbocycles. The molecule has 1 N–H and O–H groups in total. The fourth-order valence-electron chi connectivity index (χ4n) is 1.78. The first kappa shape index (κ1) is 9.78. The number of hydrogen-bond acceptors (Lipinski definition) is 1. The van der Waals surface area contributed by atoms with Crippen LogP contribution >= 0.6 is 0 Å². The third kappa shape index (κ3) is 2.01. The Hall–Kier alpha value is -1.76. The van der Waals surface area contributed by atoms with E-state index in [4.69, 9.17) is 0 Å². The Kier molecular flexibility index (Phi) is 2.46. The molecular weight excluding hydrogens is 184 g/mol. The summed E-state index contributed by atoms with van der Waals surface area (Å²) >= 11 is 0. The molecule has 0 heterocycles. The standard InChI is InChI=1S/C14H14O/c1-10-3-8-14(11(2)9-10)12-4-6-13(15)7-5-12/h3-9,15H,1-2H3. The van der Waals surface area contributed by atoms with Crippen molar-refractivity contribution in [1.29, 1.82) is 0 Å². The average Bonchev–Trinajstić information content (AvgIpc) is 2.20. The zero-order valence-corrected chi connectivity index (χ0v) is 8.99. The molecule has 0 aliphatic carbocycles. The molecular formula is C14H14O. The van der Waals surface area contributed by atoms with Crippen molar-refractivity contribution in [2.45, 2.75) is 13.8 Å². The molecule has 76 valence electrons. The van der Waals surface area contributed by atoms with Gasteiger partial charge in [-0.3, -0.25) is 0 Å². The van der Waals surface area contributed by atoms with Gasteiger partial charge in [-0.15, -0.1) is 0 Å². The van der Waals surface area contributed by atoms with Crippen LogP contribution < -0.4 is 0 Å². The van der Waals surface area contributed by atoms with Crippen LogP contribution in [0.4, 0.5) is 0 Å². The van der Waals surface area contributed by atoms with Crippen molar-refractivity contribution in [3.8, 4) is 16.9 Å². The third-order valence-electron chi connectivity index (χ3n) is 2.56. The fraction of sp³-hybridized carbons (Fsp3) is 0.143. The maximum absolute atomic E-state index is 9.22. The summed E-state index contributed by atoms with van der Waals surface area (Å²) in [4.78, 5) is 0. The predicted molar refractivity (Wildman–Crippen MR) is 63.0 cm³/mol. The van der Waals surface area contributed by atoms with Crippen molar-refractivity contribution in [3.05, 3.63) is 53.6 Å². The van der Waals surface area contributed by atoms with Gasteiger partial charge in [-0.05, 0) is 42.7 Å². The van der Waals surface area contributed by atoms with Gasteiger partial charge < -0.3 is 5.11 Å². The first-order valence-electron chi connectivity index (χ1n) is 5.03. The molecule has 0 amide bonds. The molecule has 0 spiro atoms. The molecule has 0 aromatic heterocycles. The lowest BCUT2D eigenvalue weighted by Crippen LogP contribution is -1.84. The highest BCUT2D eigenvalue weighted by atomic mass is 16.3. The quantitative estimate of drug-likeness (QED) is 0.741. The lowest BCUT2D eigenvalue weighted by Gasteiger charge is -2.07. The summed E-state index contributed by atoms with van der Waals surface area (Å²) in [7, 11) is 0. The van der Waals surface area contributed by atoms with E-state index in [1.54, 1.807) is 12.1 Å². The van der Waals surface area contributed by atoms with E-state index < -0.39 is 0 Å². The summed E-state index contributed by atoms with van der Waals surface area (Å²) in [5.74, 6) is 0.309. The van der Waals surface area contributed by atoms with Gasteiger partial charge in [0, 0.05) is 0 Å². The van der Waals surface area contributed by atoms with Crippen molar-refractivity contribution >= 4 is 0 Å². The number of phenolic OH excluding ortho intramolecular Hbond substituents is 1. The molecule has 0 radical (unpaired) electrons. The van der Waals surface area contributed by atoms with E-state index in [2.05, 4.69) is 32.0 Å². The van der Waals surface area contributed by atoms with E-state index in [0.717, 1.165) is 5.56 Å². The lowest BCUT2D eigenvalue weighted by molar-refractivity contribution is 0.475. The van der Waals surface area contributed by atoms with Gasteiger partial charge in [0.05, 0.1) is 0 Å². The second-order valence-corrected chi connectivity index (χ2v) is 3.87. The average molecular weight is 198 g/mol. The van der Waals surface area contributed by atoms with Gasteiger partial charge in [-0.1, -0.05) is 35.9 Å². The van der Waals surface area contributed by atoms with Crippen LogP contribution in [0.25, 0.3) is 11.1 Å². The Morgan fingerprint density at radius 2 is 1.53 bits per heavy atom. The fourth-order valence-corrected chi connectivity index (χ4v) is 1.78. The Bertz CT molecular complexity index is 469. The Morgan fingerprint density at radius 1 is 0.867 bits per heavy atom. The molecule has 0 bridgehead atoms. The van der Waals surface area contributed by atoms with Crippen molar-refractivity contribution in [3.63, 3.8) is 0 Å². The van der Waals surface area contributed by atoms with Crippen LogP contribution in [0.3, 0.4) is 0 Å². The highest BCUT2D eigenvalue weighted by Gasteiger charge is 2.01. The monoisotopic (exact) mass is 198 g/mol. The number of phenols is 1. The summed E-state index contributed by atoms with van der Waals surface area (Å²) in [5.41, 5.74) is 4.90. The maximum Gasteiger partial charge on any atom is 0.115 e. The smallest absolute Gasteiger partial charge is 0.115 e. The van der Waals surface area contributed by atoms with Crippen LogP contribution in [-0.2, 0) is 0 Å². The van der Waals surface area contributed by atoms with E-state index >= 15 is 0 Å². The van der Waals surface area contributed by atoms with Crippen molar-refractivity contribution in [1.82, 2.24) is 0 Å². The lowest BCUT2D eigenvalue weighted by atomic mass is 9.99. The molecule has 0 atom stereocenters. The van der Waals surface area contributed by atoms with Gasteiger partial charge in [-0.25, -0.2) is 0 Å². The van der Waals surface area contributed by atoms with Gasteiger partial charge in [-0.2, -0.15) is 0 Å². The van der Waals surface area contributed by atoms with Gasteiger partial charge in [0.25, 0.3) is 0 Å². The Balaban J connectivity index is 2.49.